The van der Waals surface area contributed by atoms with Gasteiger partial charge < -0.3 is 14.2 Å². The summed E-state index contributed by atoms with van der Waals surface area (Å²) in [5, 5.41) is 1.35. The van der Waals surface area contributed by atoms with Gasteiger partial charge in [-0.2, -0.15) is 0 Å². The molecule has 2 aliphatic heterocycles. The first-order chi connectivity index (χ1) is 11.3. The van der Waals surface area contributed by atoms with E-state index >= 15 is 0 Å². The predicted molar refractivity (Wildman–Crippen MR) is 94.4 cm³/mol. The van der Waals surface area contributed by atoms with Gasteiger partial charge >= 0.3 is 0 Å². The first kappa shape index (κ1) is 14.8. The zero-order valence-electron chi connectivity index (χ0n) is 13.5. The SMILES string of the molecule is CCCCC1Oc2cccc(OC)c2-c2cccc3c2[P@@]1CO3. The van der Waals surface area contributed by atoms with Gasteiger partial charge in [-0.15, -0.1) is 0 Å². The van der Waals surface area contributed by atoms with Gasteiger partial charge in [-0.1, -0.05) is 31.5 Å². The highest BCUT2D eigenvalue weighted by Crippen LogP contribution is 2.56. The average molecular weight is 328 g/mol. The van der Waals surface area contributed by atoms with Gasteiger partial charge in [0.05, 0.1) is 12.7 Å². The molecule has 2 aromatic carbocycles. The van der Waals surface area contributed by atoms with Crippen LogP contribution in [0.2, 0.25) is 0 Å². The van der Waals surface area contributed by atoms with E-state index in [1.807, 2.05) is 12.1 Å². The molecular weight excluding hydrogens is 307 g/mol. The average Bonchev–Trinajstić information content (AvgIpc) is 2.96. The van der Waals surface area contributed by atoms with E-state index in [9.17, 15) is 0 Å². The molecule has 0 saturated carbocycles. The maximum absolute atomic E-state index is 6.49. The molecule has 1 unspecified atom stereocenters. The minimum Gasteiger partial charge on any atom is -0.496 e. The molecule has 0 aromatic heterocycles. The third kappa shape index (κ3) is 2.38. The summed E-state index contributed by atoms with van der Waals surface area (Å²) in [6.07, 6.45) is 4.21. The maximum atomic E-state index is 6.49. The smallest absolute Gasteiger partial charge is 0.131 e. The number of hydrogen-bond donors (Lipinski definition) is 0. The van der Waals surface area contributed by atoms with Crippen LogP contribution in [0.4, 0.5) is 0 Å². The molecule has 3 nitrogen and oxygen atoms in total. The number of ether oxygens (including phenoxy) is 3. The summed E-state index contributed by atoms with van der Waals surface area (Å²) in [7, 11) is 1.26. The summed E-state index contributed by atoms with van der Waals surface area (Å²) in [5.41, 5.74) is 2.29. The van der Waals surface area contributed by atoms with Gasteiger partial charge in [0.2, 0.25) is 0 Å². The molecule has 2 atom stereocenters. The van der Waals surface area contributed by atoms with E-state index in [4.69, 9.17) is 14.2 Å². The molecule has 0 spiro atoms. The van der Waals surface area contributed by atoms with Crippen LogP contribution < -0.4 is 19.5 Å². The molecule has 0 amide bonds. The van der Waals surface area contributed by atoms with Crippen LogP contribution in [-0.2, 0) is 0 Å². The summed E-state index contributed by atoms with van der Waals surface area (Å²) in [4.78, 5) is 0. The van der Waals surface area contributed by atoms with Gasteiger partial charge in [0.15, 0.2) is 0 Å². The zero-order valence-corrected chi connectivity index (χ0v) is 14.4. The molecule has 0 aliphatic carbocycles. The largest absolute Gasteiger partial charge is 0.496 e. The second-order valence-electron chi connectivity index (χ2n) is 5.94. The van der Waals surface area contributed by atoms with Crippen LogP contribution >= 0.6 is 7.92 Å². The van der Waals surface area contributed by atoms with Crippen LogP contribution in [-0.4, -0.2) is 19.3 Å². The molecule has 0 saturated heterocycles. The van der Waals surface area contributed by atoms with Crippen molar-refractivity contribution in [1.29, 1.82) is 0 Å². The number of hydrogen-bond acceptors (Lipinski definition) is 3. The quantitative estimate of drug-likeness (QED) is 0.760. The van der Waals surface area contributed by atoms with E-state index in [1.165, 1.54) is 23.7 Å². The first-order valence-electron chi connectivity index (χ1n) is 8.20. The van der Waals surface area contributed by atoms with Crippen molar-refractivity contribution >= 4 is 13.2 Å². The Bertz CT molecular complexity index is 729. The second kappa shape index (κ2) is 6.05. The van der Waals surface area contributed by atoms with Crippen molar-refractivity contribution in [1.82, 2.24) is 0 Å². The Balaban J connectivity index is 1.92. The van der Waals surface area contributed by atoms with Crippen molar-refractivity contribution in [2.45, 2.75) is 32.0 Å². The van der Waals surface area contributed by atoms with Crippen LogP contribution in [0.5, 0.6) is 17.2 Å². The summed E-state index contributed by atoms with van der Waals surface area (Å²) >= 11 is 0. The Kier molecular flexibility index (Phi) is 3.90. The molecule has 23 heavy (non-hydrogen) atoms. The van der Waals surface area contributed by atoms with Crippen LogP contribution in [0.25, 0.3) is 11.1 Å². The predicted octanol–water partition coefficient (Wildman–Crippen LogP) is 4.73. The number of methoxy groups -OCH3 is 1. The van der Waals surface area contributed by atoms with E-state index in [-0.39, 0.29) is 5.85 Å². The molecule has 0 radical (unpaired) electrons. The molecule has 2 aliphatic rings. The fraction of sp³-hybridized carbons (Fsp3) is 0.368. The van der Waals surface area contributed by atoms with Gasteiger partial charge in [-0.05, 0) is 31.0 Å². The minimum absolute atomic E-state index is 0.223. The zero-order chi connectivity index (χ0) is 15.8. The van der Waals surface area contributed by atoms with Crippen LogP contribution in [0.3, 0.4) is 0 Å². The van der Waals surface area contributed by atoms with Crippen LogP contribution in [0.15, 0.2) is 36.4 Å². The topological polar surface area (TPSA) is 27.7 Å². The lowest BCUT2D eigenvalue weighted by atomic mass is 10.0. The van der Waals surface area contributed by atoms with Crippen molar-refractivity contribution in [3.63, 3.8) is 0 Å². The first-order valence-corrected chi connectivity index (χ1v) is 9.79. The molecule has 4 heteroatoms. The van der Waals surface area contributed by atoms with Crippen molar-refractivity contribution in [2.75, 3.05) is 13.5 Å². The molecule has 0 N–H and O–H groups in total. The van der Waals surface area contributed by atoms with E-state index in [0.29, 0.717) is 0 Å². The van der Waals surface area contributed by atoms with E-state index in [1.54, 1.807) is 7.11 Å². The highest BCUT2D eigenvalue weighted by Gasteiger charge is 2.38. The van der Waals surface area contributed by atoms with Crippen LogP contribution in [0.1, 0.15) is 26.2 Å². The summed E-state index contributed by atoms with van der Waals surface area (Å²) in [6.45, 7) is 2.23. The minimum atomic E-state index is -0.458. The lowest BCUT2D eigenvalue weighted by molar-refractivity contribution is 0.265. The van der Waals surface area contributed by atoms with Crippen molar-refractivity contribution in [3.05, 3.63) is 36.4 Å². The molecule has 4 rings (SSSR count). The van der Waals surface area contributed by atoms with Gasteiger partial charge in [-0.3, -0.25) is 0 Å². The van der Waals surface area contributed by atoms with E-state index < -0.39 is 7.92 Å². The van der Waals surface area contributed by atoms with Crippen molar-refractivity contribution < 1.29 is 14.2 Å². The summed E-state index contributed by atoms with van der Waals surface area (Å²) in [6, 6.07) is 12.4. The Labute approximate surface area is 138 Å². The molecule has 0 bridgehead atoms. The van der Waals surface area contributed by atoms with E-state index in [0.717, 1.165) is 35.6 Å². The fourth-order valence-corrected chi connectivity index (χ4v) is 5.93. The van der Waals surface area contributed by atoms with Gasteiger partial charge in [-0.25, -0.2) is 0 Å². The molecule has 0 fully saturated rings. The molecule has 120 valence electrons. The molecular formula is C19H21O3P. The highest BCUT2D eigenvalue weighted by atomic mass is 31.1. The highest BCUT2D eigenvalue weighted by molar-refractivity contribution is 7.67. The third-order valence-electron chi connectivity index (χ3n) is 4.54. The van der Waals surface area contributed by atoms with Gasteiger partial charge in [0, 0.05) is 18.8 Å². The third-order valence-corrected chi connectivity index (χ3v) is 7.04. The normalized spacial score (nSPS) is 20.8. The standard InChI is InChI=1S/C19H21O3P/c1-3-4-11-17-22-15-9-6-8-14(20-2)18(15)13-7-5-10-16-19(13)23(17)12-21-16/h5-10,17H,3-4,11-12H2,1-2H3/t17?,23-/m0/s1. The Morgan fingerprint density at radius 3 is 2.83 bits per heavy atom. The van der Waals surface area contributed by atoms with Crippen LogP contribution in [0, 0.1) is 0 Å². The second-order valence-corrected chi connectivity index (χ2v) is 8.16. The number of unbranched alkanes of at least 4 members (excludes halogenated alkanes) is 1. The Morgan fingerprint density at radius 1 is 1.17 bits per heavy atom. The lowest BCUT2D eigenvalue weighted by Crippen LogP contribution is -2.18. The fourth-order valence-electron chi connectivity index (χ4n) is 3.42. The van der Waals surface area contributed by atoms with Gasteiger partial charge in [0.25, 0.3) is 0 Å². The number of fused-ring (bicyclic) bond motifs is 2. The Hall–Kier alpha value is -1.73. The number of benzene rings is 2. The molecule has 2 aromatic rings. The van der Waals surface area contributed by atoms with Crippen molar-refractivity contribution in [2.24, 2.45) is 0 Å². The van der Waals surface area contributed by atoms with Crippen molar-refractivity contribution in [3.8, 4) is 28.4 Å². The maximum Gasteiger partial charge on any atom is 0.131 e. The molecule has 2 heterocycles. The van der Waals surface area contributed by atoms with Gasteiger partial charge in [0.1, 0.15) is 29.4 Å². The summed E-state index contributed by atoms with van der Waals surface area (Å²) in [5.74, 6) is 3.06. The monoisotopic (exact) mass is 328 g/mol. The Morgan fingerprint density at radius 2 is 2.00 bits per heavy atom. The lowest BCUT2D eigenvalue weighted by Gasteiger charge is -2.22. The number of rotatable bonds is 4. The summed E-state index contributed by atoms with van der Waals surface area (Å²) < 4.78 is 18.1. The van der Waals surface area contributed by atoms with E-state index in [2.05, 4.69) is 31.2 Å².